The second kappa shape index (κ2) is 6.31. The van der Waals surface area contributed by atoms with Gasteiger partial charge in [-0.25, -0.2) is 0 Å². The number of ether oxygens (including phenoxy) is 1. The highest BCUT2D eigenvalue weighted by molar-refractivity contribution is 7.12. The topological polar surface area (TPSA) is 38.3 Å². The molecule has 1 amide bonds. The maximum Gasteiger partial charge on any atom is 0.265 e. The van der Waals surface area contributed by atoms with E-state index in [9.17, 15) is 4.79 Å². The fourth-order valence-electron chi connectivity index (χ4n) is 2.93. The molecule has 3 nitrogen and oxygen atoms in total. The normalized spacial score (nSPS) is 15.9. The zero-order chi connectivity index (χ0) is 15.6. The molecule has 0 spiro atoms. The van der Waals surface area contributed by atoms with Gasteiger partial charge in [0, 0.05) is 17.0 Å². The van der Waals surface area contributed by atoms with E-state index in [1.54, 1.807) is 7.11 Å². The summed E-state index contributed by atoms with van der Waals surface area (Å²) in [6, 6.07) is 9.79. The third kappa shape index (κ3) is 2.85. The monoisotopic (exact) mass is 335 g/mol. The van der Waals surface area contributed by atoms with Crippen LogP contribution in [-0.4, -0.2) is 19.6 Å². The van der Waals surface area contributed by atoms with E-state index in [2.05, 4.69) is 17.4 Å². The first-order valence-corrected chi connectivity index (χ1v) is 8.56. The van der Waals surface area contributed by atoms with Crippen molar-refractivity contribution in [1.82, 2.24) is 5.32 Å². The molecular weight excluding hydrogens is 318 g/mol. The Balaban J connectivity index is 1.71. The molecular formula is C17H18ClNO2S. The van der Waals surface area contributed by atoms with E-state index >= 15 is 0 Å². The number of thiophene rings is 1. The van der Waals surface area contributed by atoms with Gasteiger partial charge in [-0.05, 0) is 42.0 Å². The van der Waals surface area contributed by atoms with Crippen molar-refractivity contribution < 1.29 is 9.53 Å². The molecule has 1 aromatic carbocycles. The Morgan fingerprint density at radius 1 is 1.32 bits per heavy atom. The predicted molar refractivity (Wildman–Crippen MR) is 90.2 cm³/mol. The number of methoxy groups -OCH3 is 1. The van der Waals surface area contributed by atoms with Crippen LogP contribution in [0.1, 0.15) is 34.5 Å². The van der Waals surface area contributed by atoms with Crippen molar-refractivity contribution in [2.24, 2.45) is 0 Å². The number of hydrogen-bond acceptors (Lipinski definition) is 3. The summed E-state index contributed by atoms with van der Waals surface area (Å²) in [6.45, 7) is 0.647. The first-order chi connectivity index (χ1) is 10.6. The number of nitrogens with one attached hydrogen (secondary N) is 1. The van der Waals surface area contributed by atoms with Gasteiger partial charge >= 0.3 is 0 Å². The number of rotatable bonds is 5. The molecule has 2 aromatic rings. The molecule has 5 heteroatoms. The number of halogens is 1. The zero-order valence-corrected chi connectivity index (χ0v) is 14.0. The van der Waals surface area contributed by atoms with Gasteiger partial charge in [0.15, 0.2) is 0 Å². The van der Waals surface area contributed by atoms with Crippen molar-refractivity contribution in [1.29, 1.82) is 0 Å². The molecule has 1 aliphatic carbocycles. The highest BCUT2D eigenvalue weighted by Gasteiger charge is 2.39. The molecule has 0 saturated heterocycles. The van der Waals surface area contributed by atoms with E-state index in [1.165, 1.54) is 23.3 Å². The van der Waals surface area contributed by atoms with E-state index in [-0.39, 0.29) is 11.3 Å². The summed E-state index contributed by atoms with van der Waals surface area (Å²) >= 11 is 7.37. The molecule has 1 saturated carbocycles. The largest absolute Gasteiger partial charge is 0.495 e. The van der Waals surface area contributed by atoms with Crippen molar-refractivity contribution >= 4 is 28.8 Å². The number of carbonyl (C=O) groups is 1. The maximum atomic E-state index is 12.4. The standard InChI is InChI=1S/C17H18ClNO2S/c1-21-14-7-10-22-15(14)16(20)19-11-17(8-2-9-17)12-3-5-13(18)6-4-12/h3-7,10H,2,8-9,11H2,1H3,(H,19,20). The smallest absolute Gasteiger partial charge is 0.265 e. The zero-order valence-electron chi connectivity index (χ0n) is 12.4. The summed E-state index contributed by atoms with van der Waals surface area (Å²) in [4.78, 5) is 13.0. The highest BCUT2D eigenvalue weighted by atomic mass is 35.5. The van der Waals surface area contributed by atoms with Gasteiger partial charge in [-0.2, -0.15) is 0 Å². The minimum absolute atomic E-state index is 0.0464. The molecule has 1 fully saturated rings. The van der Waals surface area contributed by atoms with E-state index in [1.807, 2.05) is 23.6 Å². The molecule has 22 heavy (non-hydrogen) atoms. The van der Waals surface area contributed by atoms with Crippen molar-refractivity contribution in [3.05, 3.63) is 51.2 Å². The van der Waals surface area contributed by atoms with Crippen LogP contribution in [0.4, 0.5) is 0 Å². The summed E-state index contributed by atoms with van der Waals surface area (Å²) in [6.07, 6.45) is 3.38. The first kappa shape index (κ1) is 15.4. The van der Waals surface area contributed by atoms with E-state index in [0.29, 0.717) is 17.2 Å². The average molecular weight is 336 g/mol. The van der Waals surface area contributed by atoms with Crippen LogP contribution in [0.3, 0.4) is 0 Å². The maximum absolute atomic E-state index is 12.4. The highest BCUT2D eigenvalue weighted by Crippen LogP contribution is 2.43. The predicted octanol–water partition coefficient (Wildman–Crippen LogP) is 4.26. The van der Waals surface area contributed by atoms with Crippen molar-refractivity contribution in [2.45, 2.75) is 24.7 Å². The Bertz CT molecular complexity index is 662. The molecule has 1 N–H and O–H groups in total. The van der Waals surface area contributed by atoms with Crippen LogP contribution < -0.4 is 10.1 Å². The number of hydrogen-bond donors (Lipinski definition) is 1. The van der Waals surface area contributed by atoms with Crippen molar-refractivity contribution in [3.8, 4) is 5.75 Å². The summed E-state index contributed by atoms with van der Waals surface area (Å²) in [7, 11) is 1.58. The van der Waals surface area contributed by atoms with Crippen molar-refractivity contribution in [3.63, 3.8) is 0 Å². The van der Waals surface area contributed by atoms with Gasteiger partial charge in [-0.15, -0.1) is 11.3 Å². The Labute approximate surface area is 139 Å². The van der Waals surface area contributed by atoms with Crippen LogP contribution in [0, 0.1) is 0 Å². The van der Waals surface area contributed by atoms with Gasteiger partial charge in [0.2, 0.25) is 0 Å². The fraction of sp³-hybridized carbons (Fsp3) is 0.353. The van der Waals surface area contributed by atoms with Crippen LogP contribution in [0.25, 0.3) is 0 Å². The molecule has 0 radical (unpaired) electrons. The first-order valence-electron chi connectivity index (χ1n) is 7.30. The second-order valence-corrected chi connectivity index (χ2v) is 6.99. The molecule has 1 aliphatic rings. The average Bonchev–Trinajstić information content (AvgIpc) is 2.96. The minimum atomic E-state index is -0.0629. The quantitative estimate of drug-likeness (QED) is 0.886. The minimum Gasteiger partial charge on any atom is -0.495 e. The van der Waals surface area contributed by atoms with Crippen LogP contribution in [0.2, 0.25) is 5.02 Å². The molecule has 0 bridgehead atoms. The summed E-state index contributed by atoms with van der Waals surface area (Å²) in [5, 5.41) is 5.68. The van der Waals surface area contributed by atoms with Crippen LogP contribution >= 0.6 is 22.9 Å². The van der Waals surface area contributed by atoms with E-state index in [0.717, 1.165) is 17.9 Å². The van der Waals surface area contributed by atoms with Crippen molar-refractivity contribution in [2.75, 3.05) is 13.7 Å². The molecule has 1 aromatic heterocycles. The molecule has 0 atom stereocenters. The molecule has 1 heterocycles. The lowest BCUT2D eigenvalue weighted by atomic mass is 9.64. The third-order valence-corrected chi connectivity index (χ3v) is 5.56. The summed E-state index contributed by atoms with van der Waals surface area (Å²) < 4.78 is 5.21. The van der Waals surface area contributed by atoms with Crippen LogP contribution in [-0.2, 0) is 5.41 Å². The van der Waals surface area contributed by atoms with E-state index < -0.39 is 0 Å². The Kier molecular flexibility index (Phi) is 4.41. The number of amides is 1. The lowest BCUT2D eigenvalue weighted by molar-refractivity contribution is 0.0929. The van der Waals surface area contributed by atoms with E-state index in [4.69, 9.17) is 16.3 Å². The van der Waals surface area contributed by atoms with Gasteiger partial charge in [0.25, 0.3) is 5.91 Å². The number of benzene rings is 1. The van der Waals surface area contributed by atoms with Gasteiger partial charge in [0.1, 0.15) is 10.6 Å². The fourth-order valence-corrected chi connectivity index (χ4v) is 3.83. The Morgan fingerprint density at radius 2 is 2.05 bits per heavy atom. The SMILES string of the molecule is COc1ccsc1C(=O)NCC1(c2ccc(Cl)cc2)CCC1. The second-order valence-electron chi connectivity index (χ2n) is 5.64. The molecule has 0 unspecified atom stereocenters. The van der Waals surface area contributed by atoms with Crippen LogP contribution in [0.15, 0.2) is 35.7 Å². The lowest BCUT2D eigenvalue weighted by Crippen LogP contribution is -2.45. The van der Waals surface area contributed by atoms with Gasteiger partial charge < -0.3 is 10.1 Å². The third-order valence-electron chi connectivity index (χ3n) is 4.41. The van der Waals surface area contributed by atoms with Gasteiger partial charge in [0.05, 0.1) is 7.11 Å². The Morgan fingerprint density at radius 3 is 2.64 bits per heavy atom. The van der Waals surface area contributed by atoms with Crippen LogP contribution in [0.5, 0.6) is 5.75 Å². The summed E-state index contributed by atoms with van der Waals surface area (Å²) in [5.41, 5.74) is 1.30. The summed E-state index contributed by atoms with van der Waals surface area (Å²) in [5.74, 6) is 0.573. The lowest BCUT2D eigenvalue weighted by Gasteiger charge is -2.42. The molecule has 0 aliphatic heterocycles. The van der Waals surface area contributed by atoms with Gasteiger partial charge in [-0.1, -0.05) is 30.2 Å². The van der Waals surface area contributed by atoms with Gasteiger partial charge in [-0.3, -0.25) is 4.79 Å². The molecule has 116 valence electrons. The number of carbonyl (C=O) groups excluding carboxylic acids is 1. The molecule has 3 rings (SSSR count). The Hall–Kier alpha value is -1.52.